The number of halogens is 1. The van der Waals surface area contributed by atoms with Crippen LogP contribution in [0, 0.1) is 5.82 Å². The van der Waals surface area contributed by atoms with Crippen LogP contribution in [0.2, 0.25) is 0 Å². The molecule has 2 aliphatic rings. The molecule has 1 aromatic carbocycles. The second kappa shape index (κ2) is 7.25. The fraction of sp³-hybridized carbons (Fsp3) is 0.389. The van der Waals surface area contributed by atoms with E-state index in [1.165, 1.54) is 6.26 Å². The first kappa shape index (κ1) is 16.1. The van der Waals surface area contributed by atoms with Gasteiger partial charge in [-0.2, -0.15) is 0 Å². The van der Waals surface area contributed by atoms with Crippen LogP contribution < -0.4 is 9.64 Å². The van der Waals surface area contributed by atoms with Gasteiger partial charge in [-0.25, -0.2) is 4.39 Å². The molecule has 1 fully saturated rings. The SMILES string of the molecule is Fc1cc(N2CCO[C@@H]2COc2ccon2)ccc1C1=CCOCC1. The number of hydrogen-bond acceptors (Lipinski definition) is 6. The summed E-state index contributed by atoms with van der Waals surface area (Å²) in [5, 5.41) is 3.70. The van der Waals surface area contributed by atoms with E-state index >= 15 is 0 Å². The molecule has 4 rings (SSSR count). The van der Waals surface area contributed by atoms with Gasteiger partial charge in [-0.15, -0.1) is 0 Å². The molecular weight excluding hydrogens is 327 g/mol. The van der Waals surface area contributed by atoms with Crippen LogP contribution in [0.3, 0.4) is 0 Å². The quantitative estimate of drug-likeness (QED) is 0.830. The predicted octanol–water partition coefficient (Wildman–Crippen LogP) is 2.86. The lowest BCUT2D eigenvalue weighted by Crippen LogP contribution is -2.35. The van der Waals surface area contributed by atoms with E-state index < -0.39 is 0 Å². The molecule has 0 spiro atoms. The van der Waals surface area contributed by atoms with Crippen molar-refractivity contribution in [2.45, 2.75) is 12.6 Å². The first-order chi connectivity index (χ1) is 12.3. The first-order valence-electron chi connectivity index (χ1n) is 8.29. The Labute approximate surface area is 144 Å². The molecule has 2 aromatic rings. The minimum Gasteiger partial charge on any atom is -0.471 e. The molecule has 0 N–H and O–H groups in total. The molecule has 0 saturated carbocycles. The summed E-state index contributed by atoms with van der Waals surface area (Å²) in [7, 11) is 0. The average Bonchev–Trinajstić information content (AvgIpc) is 3.32. The van der Waals surface area contributed by atoms with Gasteiger partial charge in [-0.1, -0.05) is 6.08 Å². The third-order valence-electron chi connectivity index (χ3n) is 4.37. The topological polar surface area (TPSA) is 57.0 Å². The van der Waals surface area contributed by atoms with Crippen LogP contribution >= 0.6 is 0 Å². The van der Waals surface area contributed by atoms with Crippen molar-refractivity contribution in [3.8, 4) is 5.88 Å². The standard InChI is InChI=1S/C18H19FN2O4/c19-16-11-14(1-2-15(16)13-3-7-22-8-4-13)21-6-10-23-18(21)12-24-17-5-9-25-20-17/h1-3,5,9,11,18H,4,6-8,10,12H2/t18-/m1/s1. The van der Waals surface area contributed by atoms with Crippen molar-refractivity contribution in [3.63, 3.8) is 0 Å². The van der Waals surface area contributed by atoms with Gasteiger partial charge in [0.1, 0.15) is 18.7 Å². The summed E-state index contributed by atoms with van der Waals surface area (Å²) in [6, 6.07) is 6.95. The number of anilines is 1. The molecule has 1 saturated heterocycles. The summed E-state index contributed by atoms with van der Waals surface area (Å²) in [6.07, 6.45) is 3.83. The number of hydrogen-bond donors (Lipinski definition) is 0. The van der Waals surface area contributed by atoms with Gasteiger partial charge in [-0.05, 0) is 35.3 Å². The third-order valence-corrected chi connectivity index (χ3v) is 4.37. The van der Waals surface area contributed by atoms with Gasteiger partial charge in [-0.3, -0.25) is 0 Å². The Balaban J connectivity index is 1.48. The highest BCUT2D eigenvalue weighted by Gasteiger charge is 2.27. The average molecular weight is 346 g/mol. The molecule has 0 bridgehead atoms. The van der Waals surface area contributed by atoms with E-state index in [4.69, 9.17) is 18.7 Å². The van der Waals surface area contributed by atoms with Crippen molar-refractivity contribution >= 4 is 11.3 Å². The highest BCUT2D eigenvalue weighted by molar-refractivity contribution is 5.69. The molecule has 0 amide bonds. The first-order valence-corrected chi connectivity index (χ1v) is 8.29. The van der Waals surface area contributed by atoms with Crippen LogP contribution in [-0.4, -0.2) is 44.4 Å². The highest BCUT2D eigenvalue weighted by Crippen LogP contribution is 2.29. The Bertz CT molecular complexity index is 748. The van der Waals surface area contributed by atoms with Crippen LogP contribution in [0.25, 0.3) is 5.57 Å². The minimum absolute atomic E-state index is 0.228. The molecule has 7 heteroatoms. The van der Waals surface area contributed by atoms with Crippen LogP contribution in [-0.2, 0) is 9.47 Å². The van der Waals surface area contributed by atoms with Gasteiger partial charge in [0.15, 0.2) is 6.23 Å². The lowest BCUT2D eigenvalue weighted by Gasteiger charge is -2.25. The normalized spacial score (nSPS) is 20.6. The van der Waals surface area contributed by atoms with Crippen molar-refractivity contribution in [2.75, 3.05) is 37.9 Å². The summed E-state index contributed by atoms with van der Waals surface area (Å²) >= 11 is 0. The van der Waals surface area contributed by atoms with Gasteiger partial charge < -0.3 is 23.6 Å². The molecule has 0 radical (unpaired) electrons. The molecule has 1 aromatic heterocycles. The lowest BCUT2D eigenvalue weighted by atomic mass is 10.0. The molecule has 6 nitrogen and oxygen atoms in total. The van der Waals surface area contributed by atoms with Crippen LogP contribution in [0.15, 0.2) is 41.1 Å². The third kappa shape index (κ3) is 3.52. The largest absolute Gasteiger partial charge is 0.471 e. The number of ether oxygens (including phenoxy) is 3. The fourth-order valence-electron chi connectivity index (χ4n) is 3.10. The van der Waals surface area contributed by atoms with E-state index in [1.807, 2.05) is 23.1 Å². The number of aromatic nitrogens is 1. The Kier molecular flexibility index (Phi) is 4.67. The zero-order chi connectivity index (χ0) is 17.1. The van der Waals surface area contributed by atoms with Crippen molar-refractivity contribution < 1.29 is 23.1 Å². The van der Waals surface area contributed by atoms with E-state index in [9.17, 15) is 4.39 Å². The molecule has 0 aliphatic carbocycles. The number of nitrogens with zero attached hydrogens (tertiary/aromatic N) is 2. The minimum atomic E-state index is -0.288. The van der Waals surface area contributed by atoms with Crippen LogP contribution in [0.5, 0.6) is 5.88 Å². The molecule has 2 aliphatic heterocycles. The summed E-state index contributed by atoms with van der Waals surface area (Å²) in [5.41, 5.74) is 2.42. The molecule has 25 heavy (non-hydrogen) atoms. The fourth-order valence-corrected chi connectivity index (χ4v) is 3.10. The van der Waals surface area contributed by atoms with E-state index in [2.05, 4.69) is 5.16 Å². The van der Waals surface area contributed by atoms with Crippen molar-refractivity contribution in [2.24, 2.45) is 0 Å². The van der Waals surface area contributed by atoms with Gasteiger partial charge in [0, 0.05) is 23.9 Å². The van der Waals surface area contributed by atoms with Crippen molar-refractivity contribution in [1.82, 2.24) is 5.16 Å². The Morgan fingerprint density at radius 3 is 3.00 bits per heavy atom. The predicted molar refractivity (Wildman–Crippen MR) is 88.9 cm³/mol. The van der Waals surface area contributed by atoms with E-state index in [1.54, 1.807) is 12.1 Å². The Morgan fingerprint density at radius 1 is 1.28 bits per heavy atom. The number of rotatable bonds is 5. The summed E-state index contributed by atoms with van der Waals surface area (Å²) < 4.78 is 35.9. The van der Waals surface area contributed by atoms with E-state index in [-0.39, 0.29) is 12.0 Å². The van der Waals surface area contributed by atoms with Gasteiger partial charge in [0.05, 0.1) is 19.8 Å². The monoisotopic (exact) mass is 346 g/mol. The van der Waals surface area contributed by atoms with E-state index in [0.29, 0.717) is 44.4 Å². The van der Waals surface area contributed by atoms with Crippen molar-refractivity contribution in [3.05, 3.63) is 48.0 Å². The second-order valence-electron chi connectivity index (χ2n) is 5.89. The van der Waals surface area contributed by atoms with Gasteiger partial charge in [0.25, 0.3) is 5.88 Å². The summed E-state index contributed by atoms with van der Waals surface area (Å²) in [4.78, 5) is 1.99. The van der Waals surface area contributed by atoms with Crippen LogP contribution in [0.4, 0.5) is 10.1 Å². The van der Waals surface area contributed by atoms with Gasteiger partial charge in [0.2, 0.25) is 0 Å². The maximum absolute atomic E-state index is 14.6. The summed E-state index contributed by atoms with van der Waals surface area (Å²) in [6.45, 7) is 2.71. The molecule has 0 unspecified atom stereocenters. The Hall–Kier alpha value is -2.38. The lowest BCUT2D eigenvalue weighted by molar-refractivity contribution is 0.0664. The number of benzene rings is 1. The van der Waals surface area contributed by atoms with Crippen LogP contribution in [0.1, 0.15) is 12.0 Å². The highest BCUT2D eigenvalue weighted by atomic mass is 19.1. The molecule has 1 atom stereocenters. The second-order valence-corrected chi connectivity index (χ2v) is 5.89. The van der Waals surface area contributed by atoms with Crippen molar-refractivity contribution in [1.29, 1.82) is 0 Å². The molecule has 3 heterocycles. The molecular formula is C18H19FN2O4. The summed E-state index contributed by atoms with van der Waals surface area (Å²) in [5.74, 6) is 0.178. The maximum atomic E-state index is 14.6. The van der Waals surface area contributed by atoms with E-state index in [0.717, 1.165) is 17.7 Å². The zero-order valence-corrected chi connectivity index (χ0v) is 13.7. The zero-order valence-electron chi connectivity index (χ0n) is 13.7. The molecule has 132 valence electrons. The maximum Gasteiger partial charge on any atom is 0.254 e. The van der Waals surface area contributed by atoms with Gasteiger partial charge >= 0.3 is 0 Å². The smallest absolute Gasteiger partial charge is 0.254 e. The Morgan fingerprint density at radius 2 is 2.24 bits per heavy atom.